The number of carbonyl (C=O) groups is 2. The van der Waals surface area contributed by atoms with Crippen LogP contribution in [0.1, 0.15) is 45.9 Å². The van der Waals surface area contributed by atoms with E-state index in [1.54, 1.807) is 29.5 Å². The van der Waals surface area contributed by atoms with Gasteiger partial charge in [0.2, 0.25) is 5.91 Å². The molecular formula is C17H18N2O3S. The molecule has 6 heteroatoms. The van der Waals surface area contributed by atoms with Crippen molar-refractivity contribution in [1.29, 1.82) is 0 Å². The standard InChI is InChI=1S/C17H18N2O3S/c1-11-10-23-16(18-11)17(7-4-8-17)19-14(20)9-12-5-2-3-6-13(12)15(21)22/h2-3,5-6,10H,4,7-9H2,1H3,(H,19,20)(H,21,22). The van der Waals surface area contributed by atoms with Gasteiger partial charge in [0.15, 0.2) is 0 Å². The molecule has 1 fully saturated rings. The van der Waals surface area contributed by atoms with Crippen molar-refractivity contribution >= 4 is 23.2 Å². The number of aromatic carboxylic acids is 1. The molecule has 1 aliphatic rings. The molecule has 2 N–H and O–H groups in total. The first-order chi connectivity index (χ1) is 11.0. The number of rotatable bonds is 5. The van der Waals surface area contributed by atoms with Crippen LogP contribution in [0.4, 0.5) is 0 Å². The van der Waals surface area contributed by atoms with Gasteiger partial charge in [-0.25, -0.2) is 9.78 Å². The van der Waals surface area contributed by atoms with Crippen molar-refractivity contribution in [3.8, 4) is 0 Å². The Hall–Kier alpha value is -2.21. The molecule has 2 aromatic rings. The van der Waals surface area contributed by atoms with Crippen molar-refractivity contribution in [2.45, 2.75) is 38.1 Å². The summed E-state index contributed by atoms with van der Waals surface area (Å²) in [5.41, 5.74) is 1.30. The quantitative estimate of drug-likeness (QED) is 0.883. The minimum atomic E-state index is -1.01. The fourth-order valence-electron chi connectivity index (χ4n) is 2.86. The molecule has 5 nitrogen and oxygen atoms in total. The number of nitrogens with zero attached hydrogens (tertiary/aromatic N) is 1. The van der Waals surface area contributed by atoms with E-state index in [9.17, 15) is 14.7 Å². The van der Waals surface area contributed by atoms with Crippen LogP contribution >= 0.6 is 11.3 Å². The van der Waals surface area contributed by atoms with Crippen LogP contribution in [0.5, 0.6) is 0 Å². The van der Waals surface area contributed by atoms with Gasteiger partial charge in [0.1, 0.15) is 5.01 Å². The van der Waals surface area contributed by atoms with E-state index in [4.69, 9.17) is 0 Å². The zero-order valence-electron chi connectivity index (χ0n) is 12.8. The highest BCUT2D eigenvalue weighted by Gasteiger charge is 2.42. The molecule has 0 aliphatic heterocycles. The summed E-state index contributed by atoms with van der Waals surface area (Å²) in [5, 5.41) is 15.2. The van der Waals surface area contributed by atoms with Gasteiger partial charge in [0, 0.05) is 11.1 Å². The van der Waals surface area contributed by atoms with Crippen LogP contribution in [-0.4, -0.2) is 22.0 Å². The van der Waals surface area contributed by atoms with Gasteiger partial charge in [-0.15, -0.1) is 11.3 Å². The fraction of sp³-hybridized carbons (Fsp3) is 0.353. The average Bonchev–Trinajstić information content (AvgIpc) is 2.90. The smallest absolute Gasteiger partial charge is 0.335 e. The van der Waals surface area contributed by atoms with E-state index >= 15 is 0 Å². The highest BCUT2D eigenvalue weighted by molar-refractivity contribution is 7.09. The van der Waals surface area contributed by atoms with E-state index in [2.05, 4.69) is 10.3 Å². The van der Waals surface area contributed by atoms with Crippen molar-refractivity contribution in [2.24, 2.45) is 0 Å². The highest BCUT2D eigenvalue weighted by atomic mass is 32.1. The van der Waals surface area contributed by atoms with Gasteiger partial charge in [-0.1, -0.05) is 18.2 Å². The van der Waals surface area contributed by atoms with Gasteiger partial charge in [-0.2, -0.15) is 0 Å². The summed E-state index contributed by atoms with van der Waals surface area (Å²) >= 11 is 1.57. The van der Waals surface area contributed by atoms with Gasteiger partial charge >= 0.3 is 5.97 Å². The molecule has 0 radical (unpaired) electrons. The summed E-state index contributed by atoms with van der Waals surface area (Å²) < 4.78 is 0. The Morgan fingerprint density at radius 2 is 2.09 bits per heavy atom. The Kier molecular flexibility index (Phi) is 4.17. The van der Waals surface area contributed by atoms with Crippen LogP contribution < -0.4 is 5.32 Å². The number of carboxylic acid groups (broad SMARTS) is 1. The van der Waals surface area contributed by atoms with Gasteiger partial charge in [-0.3, -0.25) is 4.79 Å². The normalized spacial score (nSPS) is 15.7. The monoisotopic (exact) mass is 330 g/mol. The number of carbonyl (C=O) groups excluding carboxylic acids is 1. The molecule has 1 heterocycles. The third kappa shape index (κ3) is 3.12. The van der Waals surface area contributed by atoms with Crippen molar-refractivity contribution in [3.63, 3.8) is 0 Å². The van der Waals surface area contributed by atoms with Gasteiger partial charge in [0.05, 0.1) is 17.5 Å². The van der Waals surface area contributed by atoms with E-state index in [-0.39, 0.29) is 23.4 Å². The summed E-state index contributed by atoms with van der Waals surface area (Å²) in [5.74, 6) is -1.17. The third-order valence-electron chi connectivity index (χ3n) is 4.21. The molecule has 0 bridgehead atoms. The molecule has 3 rings (SSSR count). The Labute approximate surface area is 138 Å². The van der Waals surface area contributed by atoms with E-state index in [0.717, 1.165) is 30.0 Å². The van der Waals surface area contributed by atoms with Gasteiger partial charge in [0.25, 0.3) is 0 Å². The Morgan fingerprint density at radius 1 is 1.35 bits per heavy atom. The molecule has 1 aromatic carbocycles. The maximum absolute atomic E-state index is 12.4. The minimum Gasteiger partial charge on any atom is -0.478 e. The van der Waals surface area contributed by atoms with Crippen LogP contribution in [0.15, 0.2) is 29.6 Å². The number of carboxylic acids is 1. The van der Waals surface area contributed by atoms with Crippen LogP contribution in [-0.2, 0) is 16.8 Å². The van der Waals surface area contributed by atoms with Crippen LogP contribution in [0, 0.1) is 6.92 Å². The number of aromatic nitrogens is 1. The second kappa shape index (κ2) is 6.12. The molecule has 1 aromatic heterocycles. The zero-order valence-corrected chi connectivity index (χ0v) is 13.7. The van der Waals surface area contributed by atoms with E-state index in [1.807, 2.05) is 12.3 Å². The first kappa shape index (κ1) is 15.7. The Balaban J connectivity index is 1.76. The van der Waals surface area contributed by atoms with Crippen LogP contribution in [0.2, 0.25) is 0 Å². The van der Waals surface area contributed by atoms with Crippen molar-refractivity contribution < 1.29 is 14.7 Å². The zero-order chi connectivity index (χ0) is 16.4. The molecule has 23 heavy (non-hydrogen) atoms. The summed E-state index contributed by atoms with van der Waals surface area (Å²) in [7, 11) is 0. The van der Waals surface area contributed by atoms with Crippen LogP contribution in [0.3, 0.4) is 0 Å². The highest BCUT2D eigenvalue weighted by Crippen LogP contribution is 2.42. The number of hydrogen-bond donors (Lipinski definition) is 2. The maximum atomic E-state index is 12.4. The molecule has 0 unspecified atom stereocenters. The molecule has 0 saturated heterocycles. The predicted octanol–water partition coefficient (Wildman–Crippen LogP) is 2.89. The first-order valence-corrected chi connectivity index (χ1v) is 8.43. The lowest BCUT2D eigenvalue weighted by atomic mass is 9.77. The largest absolute Gasteiger partial charge is 0.478 e. The van der Waals surface area contributed by atoms with Crippen molar-refractivity contribution in [3.05, 3.63) is 51.5 Å². The molecule has 1 amide bonds. The van der Waals surface area contributed by atoms with Gasteiger partial charge < -0.3 is 10.4 Å². The summed E-state index contributed by atoms with van der Waals surface area (Å²) in [6.07, 6.45) is 2.89. The summed E-state index contributed by atoms with van der Waals surface area (Å²) in [6, 6.07) is 6.62. The lowest BCUT2D eigenvalue weighted by Crippen LogP contribution is -2.51. The summed E-state index contributed by atoms with van der Waals surface area (Å²) in [6.45, 7) is 1.94. The third-order valence-corrected chi connectivity index (χ3v) is 5.38. The fourth-order valence-corrected chi connectivity index (χ4v) is 3.88. The minimum absolute atomic E-state index is 0.0641. The molecule has 1 aliphatic carbocycles. The topological polar surface area (TPSA) is 79.3 Å². The molecule has 1 saturated carbocycles. The lowest BCUT2D eigenvalue weighted by Gasteiger charge is -2.40. The van der Waals surface area contributed by atoms with Gasteiger partial charge in [-0.05, 0) is 37.8 Å². The number of amides is 1. The second-order valence-electron chi connectivity index (χ2n) is 5.92. The molecule has 0 spiro atoms. The number of hydrogen-bond acceptors (Lipinski definition) is 4. The number of benzene rings is 1. The average molecular weight is 330 g/mol. The number of thiazole rings is 1. The first-order valence-electron chi connectivity index (χ1n) is 7.55. The lowest BCUT2D eigenvalue weighted by molar-refractivity contribution is -0.123. The van der Waals surface area contributed by atoms with E-state index in [0.29, 0.717) is 5.56 Å². The molecule has 120 valence electrons. The van der Waals surface area contributed by atoms with Crippen LogP contribution in [0.25, 0.3) is 0 Å². The van der Waals surface area contributed by atoms with Crippen molar-refractivity contribution in [2.75, 3.05) is 0 Å². The maximum Gasteiger partial charge on any atom is 0.335 e. The number of aryl methyl sites for hydroxylation is 1. The predicted molar refractivity (Wildman–Crippen MR) is 87.6 cm³/mol. The van der Waals surface area contributed by atoms with E-state index in [1.165, 1.54) is 6.07 Å². The second-order valence-corrected chi connectivity index (χ2v) is 6.78. The molecular weight excluding hydrogens is 312 g/mol. The molecule has 0 atom stereocenters. The number of nitrogens with one attached hydrogen (secondary N) is 1. The Bertz CT molecular complexity index is 750. The summed E-state index contributed by atoms with van der Waals surface area (Å²) in [4.78, 5) is 28.2. The van der Waals surface area contributed by atoms with Crippen molar-refractivity contribution in [1.82, 2.24) is 10.3 Å². The Morgan fingerprint density at radius 3 is 2.65 bits per heavy atom. The van der Waals surface area contributed by atoms with E-state index < -0.39 is 5.97 Å². The SMILES string of the molecule is Cc1csc(C2(NC(=O)Cc3ccccc3C(=O)O)CCC2)n1.